The molecule has 1 N–H and O–H groups in total. The normalized spacial score (nSPS) is 10.6. The molecule has 8 heteroatoms. The van der Waals surface area contributed by atoms with Gasteiger partial charge in [0.25, 0.3) is 5.91 Å². The highest BCUT2D eigenvalue weighted by molar-refractivity contribution is 9.10. The van der Waals surface area contributed by atoms with Gasteiger partial charge >= 0.3 is 5.97 Å². The molecule has 0 aliphatic rings. The molecule has 29 heavy (non-hydrogen) atoms. The number of carbonyl (C=O) groups is 2. The van der Waals surface area contributed by atoms with E-state index in [1.165, 1.54) is 0 Å². The summed E-state index contributed by atoms with van der Waals surface area (Å²) in [5, 5.41) is 7.63. The van der Waals surface area contributed by atoms with Gasteiger partial charge in [0.15, 0.2) is 0 Å². The van der Waals surface area contributed by atoms with E-state index >= 15 is 0 Å². The van der Waals surface area contributed by atoms with Crippen molar-refractivity contribution in [3.63, 3.8) is 0 Å². The molecule has 146 valence electrons. The van der Waals surface area contributed by atoms with E-state index in [2.05, 4.69) is 31.6 Å². The van der Waals surface area contributed by atoms with Crippen LogP contribution in [0.4, 0.5) is 11.4 Å². The lowest BCUT2D eigenvalue weighted by atomic mass is 10.2. The van der Waals surface area contributed by atoms with E-state index in [0.29, 0.717) is 28.3 Å². The first-order chi connectivity index (χ1) is 14.0. The van der Waals surface area contributed by atoms with Crippen LogP contribution in [0.1, 0.15) is 20.7 Å². The second-order valence-corrected chi connectivity index (χ2v) is 6.69. The van der Waals surface area contributed by atoms with Gasteiger partial charge in [0, 0.05) is 10.0 Å². The monoisotopic (exact) mass is 453 g/mol. The first-order valence-corrected chi connectivity index (χ1v) is 9.27. The molecule has 1 amide bonds. The SMILES string of the molecule is COc1ccc(C(=O)N=Nc2ccc(NOC(=O)c3ccc(Br)cc3)cc2)cc1. The van der Waals surface area contributed by atoms with E-state index in [-0.39, 0.29) is 0 Å². The van der Waals surface area contributed by atoms with Gasteiger partial charge in [-0.05, 0) is 72.8 Å². The van der Waals surface area contributed by atoms with Gasteiger partial charge in [-0.1, -0.05) is 15.9 Å². The number of carbonyl (C=O) groups excluding carboxylic acids is 2. The van der Waals surface area contributed by atoms with Crippen LogP contribution in [-0.2, 0) is 4.84 Å². The molecule has 3 aromatic carbocycles. The van der Waals surface area contributed by atoms with E-state index < -0.39 is 11.9 Å². The van der Waals surface area contributed by atoms with Crippen molar-refractivity contribution in [3.8, 4) is 5.75 Å². The lowest BCUT2D eigenvalue weighted by Gasteiger charge is -2.07. The van der Waals surface area contributed by atoms with Gasteiger partial charge in [-0.15, -0.1) is 10.2 Å². The minimum atomic E-state index is -0.508. The third-order valence-electron chi connectivity index (χ3n) is 3.80. The number of hydrogen-bond acceptors (Lipinski definition) is 6. The maximum absolute atomic E-state index is 12.0. The number of hydrogen-bond donors (Lipinski definition) is 1. The minimum absolute atomic E-state index is 0.410. The lowest BCUT2D eigenvalue weighted by Crippen LogP contribution is -2.10. The van der Waals surface area contributed by atoms with Gasteiger partial charge in [-0.2, -0.15) is 0 Å². The third kappa shape index (κ3) is 5.73. The number of azo groups is 1. The highest BCUT2D eigenvalue weighted by atomic mass is 79.9. The second-order valence-electron chi connectivity index (χ2n) is 5.78. The minimum Gasteiger partial charge on any atom is -0.497 e. The number of amides is 1. The van der Waals surface area contributed by atoms with E-state index in [4.69, 9.17) is 9.57 Å². The summed E-state index contributed by atoms with van der Waals surface area (Å²) in [5.41, 5.74) is 4.44. The fourth-order valence-electron chi connectivity index (χ4n) is 2.24. The number of nitrogens with zero attached hydrogens (tertiary/aromatic N) is 2. The number of rotatable bonds is 6. The fourth-order valence-corrected chi connectivity index (χ4v) is 2.51. The molecule has 0 saturated carbocycles. The van der Waals surface area contributed by atoms with Crippen LogP contribution in [0.3, 0.4) is 0 Å². The Morgan fingerprint density at radius 2 is 1.48 bits per heavy atom. The number of nitrogens with one attached hydrogen (secondary N) is 1. The Kier molecular flexibility index (Phi) is 6.70. The summed E-state index contributed by atoms with van der Waals surface area (Å²) in [7, 11) is 1.55. The Morgan fingerprint density at radius 3 is 2.10 bits per heavy atom. The summed E-state index contributed by atoms with van der Waals surface area (Å²) in [6.07, 6.45) is 0. The van der Waals surface area contributed by atoms with Crippen LogP contribution in [-0.4, -0.2) is 19.0 Å². The maximum atomic E-state index is 12.0. The molecular formula is C21H16BrN3O4. The molecule has 0 aliphatic heterocycles. The van der Waals surface area contributed by atoms with Gasteiger partial charge < -0.3 is 9.57 Å². The summed E-state index contributed by atoms with van der Waals surface area (Å²) in [6, 6.07) is 20.0. The molecule has 3 aromatic rings. The summed E-state index contributed by atoms with van der Waals surface area (Å²) < 4.78 is 5.92. The molecular weight excluding hydrogens is 438 g/mol. The van der Waals surface area contributed by atoms with E-state index in [0.717, 1.165) is 4.47 Å². The Bertz CT molecular complexity index is 1020. The maximum Gasteiger partial charge on any atom is 0.362 e. The van der Waals surface area contributed by atoms with Crippen molar-refractivity contribution < 1.29 is 19.2 Å². The molecule has 0 aromatic heterocycles. The second kappa shape index (κ2) is 9.61. The average Bonchev–Trinajstić information content (AvgIpc) is 2.77. The summed E-state index contributed by atoms with van der Waals surface area (Å²) in [5.74, 6) is -0.313. The third-order valence-corrected chi connectivity index (χ3v) is 4.33. The molecule has 0 radical (unpaired) electrons. The number of benzene rings is 3. The van der Waals surface area contributed by atoms with E-state index in [1.54, 1.807) is 79.9 Å². The summed E-state index contributed by atoms with van der Waals surface area (Å²) in [6.45, 7) is 0. The number of methoxy groups -OCH3 is 1. The Balaban J connectivity index is 1.55. The van der Waals surface area contributed by atoms with Crippen molar-refractivity contribution in [2.75, 3.05) is 12.6 Å². The van der Waals surface area contributed by atoms with Crippen LogP contribution in [0.5, 0.6) is 5.75 Å². The Hall–Kier alpha value is -3.52. The topological polar surface area (TPSA) is 89.3 Å². The van der Waals surface area contributed by atoms with E-state index in [1.807, 2.05) is 0 Å². The van der Waals surface area contributed by atoms with Crippen LogP contribution >= 0.6 is 15.9 Å². The van der Waals surface area contributed by atoms with Crippen molar-refractivity contribution in [1.29, 1.82) is 0 Å². The average molecular weight is 454 g/mol. The van der Waals surface area contributed by atoms with Gasteiger partial charge in [0.05, 0.1) is 24.0 Å². The smallest absolute Gasteiger partial charge is 0.362 e. The zero-order valence-corrected chi connectivity index (χ0v) is 16.9. The molecule has 0 heterocycles. The Morgan fingerprint density at radius 1 is 0.862 bits per heavy atom. The number of ether oxygens (including phenoxy) is 1. The van der Waals surface area contributed by atoms with Crippen molar-refractivity contribution in [1.82, 2.24) is 0 Å². The zero-order chi connectivity index (χ0) is 20.6. The number of halogens is 1. The summed E-state index contributed by atoms with van der Waals surface area (Å²) in [4.78, 5) is 29.1. The highest BCUT2D eigenvalue weighted by Crippen LogP contribution is 2.19. The highest BCUT2D eigenvalue weighted by Gasteiger charge is 2.07. The first kappa shape index (κ1) is 20.2. The fraction of sp³-hybridized carbons (Fsp3) is 0.0476. The van der Waals surface area contributed by atoms with Crippen LogP contribution < -0.4 is 10.2 Å². The van der Waals surface area contributed by atoms with Gasteiger partial charge in [0.1, 0.15) is 5.75 Å². The summed E-state index contributed by atoms with van der Waals surface area (Å²) >= 11 is 3.31. The van der Waals surface area contributed by atoms with Crippen LogP contribution in [0.25, 0.3) is 0 Å². The van der Waals surface area contributed by atoms with Gasteiger partial charge in [-0.25, -0.2) is 10.3 Å². The standard InChI is InChI=1S/C21H16BrN3O4/c1-28-19-12-4-14(5-13-19)20(26)24-23-17-8-10-18(11-9-17)25-29-21(27)15-2-6-16(22)7-3-15/h2-13,25H,1H3. The number of anilines is 1. The molecule has 0 bridgehead atoms. The largest absolute Gasteiger partial charge is 0.497 e. The molecule has 0 unspecified atom stereocenters. The van der Waals surface area contributed by atoms with Crippen LogP contribution in [0, 0.1) is 0 Å². The quantitative estimate of drug-likeness (QED) is 0.389. The molecule has 3 rings (SSSR count). The van der Waals surface area contributed by atoms with Crippen molar-refractivity contribution in [2.45, 2.75) is 0 Å². The van der Waals surface area contributed by atoms with Gasteiger partial charge in [-0.3, -0.25) is 4.79 Å². The predicted molar refractivity (Wildman–Crippen MR) is 111 cm³/mol. The van der Waals surface area contributed by atoms with Crippen molar-refractivity contribution in [2.24, 2.45) is 10.2 Å². The molecule has 0 fully saturated rings. The lowest BCUT2D eigenvalue weighted by molar-refractivity contribution is 0.0596. The first-order valence-electron chi connectivity index (χ1n) is 8.48. The van der Waals surface area contributed by atoms with Crippen LogP contribution in [0.2, 0.25) is 0 Å². The molecule has 0 atom stereocenters. The molecule has 7 nitrogen and oxygen atoms in total. The predicted octanol–water partition coefficient (Wildman–Crippen LogP) is 5.57. The zero-order valence-electron chi connectivity index (χ0n) is 15.3. The van der Waals surface area contributed by atoms with Gasteiger partial charge in [0.2, 0.25) is 0 Å². The Labute approximate surface area is 175 Å². The van der Waals surface area contributed by atoms with Crippen molar-refractivity contribution in [3.05, 3.63) is 88.4 Å². The molecule has 0 saturated heterocycles. The van der Waals surface area contributed by atoms with Crippen LogP contribution in [0.15, 0.2) is 87.5 Å². The van der Waals surface area contributed by atoms with Crippen molar-refractivity contribution >= 4 is 39.2 Å². The van der Waals surface area contributed by atoms with E-state index in [9.17, 15) is 9.59 Å². The molecule has 0 aliphatic carbocycles. The molecule has 0 spiro atoms.